The van der Waals surface area contributed by atoms with E-state index >= 15 is 0 Å². The molecule has 1 aromatic heterocycles. The number of carbonyl (C=O) groups excluding carboxylic acids is 1. The lowest BCUT2D eigenvalue weighted by Gasteiger charge is -2.29. The summed E-state index contributed by atoms with van der Waals surface area (Å²) in [7, 11) is 0. The monoisotopic (exact) mass is 639 g/mol. The maximum atomic E-state index is 14.1. The fraction of sp³-hybridized carbons (Fsp3) is 0.378. The first-order chi connectivity index (χ1) is 22.1. The second kappa shape index (κ2) is 14.5. The third kappa shape index (κ3) is 7.09. The number of amides is 1. The molecule has 0 spiro atoms. The fourth-order valence-electron chi connectivity index (χ4n) is 5.59. The van der Waals surface area contributed by atoms with Crippen molar-refractivity contribution < 1.29 is 14.3 Å². The first kappa shape index (κ1) is 33.1. The molecule has 0 bridgehead atoms. The molecule has 0 saturated heterocycles. The lowest BCUT2D eigenvalue weighted by atomic mass is 9.94. The van der Waals surface area contributed by atoms with E-state index in [-0.39, 0.29) is 5.91 Å². The number of allylic oxidation sites excluding steroid dienone is 1. The Morgan fingerprint density at radius 1 is 0.935 bits per heavy atom. The number of nitrogens with one attached hydrogen (secondary N) is 2. The highest BCUT2D eigenvalue weighted by atomic mass is 32.2. The molecule has 2 heterocycles. The van der Waals surface area contributed by atoms with Gasteiger partial charge in [0.15, 0.2) is 11.5 Å². The van der Waals surface area contributed by atoms with Crippen LogP contribution in [0.4, 0.5) is 11.6 Å². The molecular weight excluding hydrogens is 595 g/mol. The summed E-state index contributed by atoms with van der Waals surface area (Å²) in [6, 6.07) is 15.7. The van der Waals surface area contributed by atoms with Crippen LogP contribution in [0, 0.1) is 34.6 Å². The van der Waals surface area contributed by atoms with E-state index in [2.05, 4.69) is 50.5 Å². The molecule has 0 aliphatic carbocycles. The van der Waals surface area contributed by atoms with Crippen LogP contribution in [0.15, 0.2) is 65.0 Å². The summed E-state index contributed by atoms with van der Waals surface area (Å²) < 4.78 is 14.3. The summed E-state index contributed by atoms with van der Waals surface area (Å²) in [5.74, 6) is 2.60. The molecule has 9 heteroatoms. The van der Waals surface area contributed by atoms with Gasteiger partial charge in [0.1, 0.15) is 12.6 Å². The Morgan fingerprint density at radius 2 is 1.72 bits per heavy atom. The van der Waals surface area contributed by atoms with Crippen molar-refractivity contribution in [3.63, 3.8) is 0 Å². The number of unbranched alkanes of at least 4 members (excludes halogenated alkanes) is 1. The summed E-state index contributed by atoms with van der Waals surface area (Å²) in [6.45, 7) is 17.3. The van der Waals surface area contributed by atoms with E-state index in [1.165, 1.54) is 16.7 Å². The van der Waals surface area contributed by atoms with Crippen molar-refractivity contribution in [2.45, 2.75) is 86.0 Å². The number of carbonyl (C=O) groups is 1. The molecule has 1 unspecified atom stereocenters. The number of aryl methyl sites for hydroxylation is 4. The van der Waals surface area contributed by atoms with Crippen molar-refractivity contribution in [3.8, 4) is 11.5 Å². The van der Waals surface area contributed by atoms with Gasteiger partial charge in [-0.15, -0.1) is 5.10 Å². The summed E-state index contributed by atoms with van der Waals surface area (Å²) in [6.07, 6.45) is 2.18. The minimum Gasteiger partial charge on any atom is -0.490 e. The largest absolute Gasteiger partial charge is 0.490 e. The number of ether oxygens (including phenoxy) is 2. The van der Waals surface area contributed by atoms with Crippen LogP contribution in [-0.2, 0) is 11.4 Å². The van der Waals surface area contributed by atoms with E-state index in [9.17, 15) is 4.79 Å². The Labute approximate surface area is 277 Å². The van der Waals surface area contributed by atoms with Gasteiger partial charge in [-0.05, 0) is 112 Å². The van der Waals surface area contributed by atoms with Crippen LogP contribution in [0.1, 0.15) is 78.6 Å². The lowest BCUT2D eigenvalue weighted by Crippen LogP contribution is -2.31. The average Bonchev–Trinajstić information content (AvgIpc) is 3.42. The molecule has 3 aromatic carbocycles. The second-order valence-corrected chi connectivity index (χ2v) is 13.0. The number of anilines is 2. The molecular formula is C37H45N5O3S. The van der Waals surface area contributed by atoms with Gasteiger partial charge in [0.25, 0.3) is 5.91 Å². The predicted molar refractivity (Wildman–Crippen MR) is 187 cm³/mol. The van der Waals surface area contributed by atoms with Crippen molar-refractivity contribution in [2.75, 3.05) is 23.0 Å². The average molecular weight is 640 g/mol. The molecule has 2 N–H and O–H groups in total. The topological polar surface area (TPSA) is 90.3 Å². The number of thioether (sulfide) groups is 1. The van der Waals surface area contributed by atoms with Gasteiger partial charge in [-0.1, -0.05) is 55.4 Å². The Morgan fingerprint density at radius 3 is 2.48 bits per heavy atom. The van der Waals surface area contributed by atoms with Crippen LogP contribution in [0.3, 0.4) is 0 Å². The van der Waals surface area contributed by atoms with Gasteiger partial charge in [-0.2, -0.15) is 4.98 Å². The molecule has 1 atom stereocenters. The first-order valence-electron chi connectivity index (χ1n) is 16.0. The van der Waals surface area contributed by atoms with Crippen LogP contribution in [-0.4, -0.2) is 33.0 Å². The number of rotatable bonds is 12. The maximum Gasteiger partial charge on any atom is 0.255 e. The quantitative estimate of drug-likeness (QED) is 0.118. The van der Waals surface area contributed by atoms with E-state index in [1.54, 1.807) is 11.8 Å². The van der Waals surface area contributed by atoms with E-state index in [0.717, 1.165) is 52.2 Å². The van der Waals surface area contributed by atoms with Crippen LogP contribution in [0.2, 0.25) is 0 Å². The summed E-state index contributed by atoms with van der Waals surface area (Å²) in [5.41, 5.74) is 9.89. The zero-order valence-electron chi connectivity index (χ0n) is 28.2. The van der Waals surface area contributed by atoms with Crippen molar-refractivity contribution in [2.24, 2.45) is 0 Å². The minimum atomic E-state index is -0.537. The van der Waals surface area contributed by atoms with Crippen LogP contribution in [0.5, 0.6) is 11.5 Å². The van der Waals surface area contributed by atoms with Gasteiger partial charge < -0.3 is 20.1 Å². The highest BCUT2D eigenvalue weighted by Crippen LogP contribution is 2.40. The molecule has 0 fully saturated rings. The molecule has 1 aliphatic rings. The summed E-state index contributed by atoms with van der Waals surface area (Å²) in [4.78, 5) is 18.9. The van der Waals surface area contributed by atoms with Crippen molar-refractivity contribution >= 4 is 29.3 Å². The zero-order chi connectivity index (χ0) is 33.0. The third-order valence-electron chi connectivity index (χ3n) is 8.58. The van der Waals surface area contributed by atoms with E-state index in [0.29, 0.717) is 41.4 Å². The number of hydrogen-bond donors (Lipinski definition) is 2. The normalized spacial score (nSPS) is 14.1. The van der Waals surface area contributed by atoms with E-state index < -0.39 is 6.04 Å². The highest BCUT2D eigenvalue weighted by Gasteiger charge is 2.35. The third-order valence-corrected chi connectivity index (χ3v) is 9.50. The Bertz CT molecular complexity index is 1780. The zero-order valence-corrected chi connectivity index (χ0v) is 29.0. The van der Waals surface area contributed by atoms with Gasteiger partial charge in [-0.3, -0.25) is 4.79 Å². The van der Waals surface area contributed by atoms with Gasteiger partial charge >= 0.3 is 0 Å². The number of benzene rings is 3. The lowest BCUT2D eigenvalue weighted by molar-refractivity contribution is -0.113. The standard InChI is InChI=1S/C37H45N5O3S/c1-9-11-17-46-37-40-36-38-27(8)33(35(43)39-30-14-12-13-22(3)26(30)7)34(42(36)41-37)28-15-16-31(32(20-28)44-10-2)45-21-29-19-24(5)23(4)18-25(29)6/h12-16,18-20,34H,9-11,17,21H2,1-8H3,(H,39,43)(H,38,40,41). The Kier molecular flexibility index (Phi) is 10.4. The Hall–Kier alpha value is -4.24. The predicted octanol–water partition coefficient (Wildman–Crippen LogP) is 8.62. The molecule has 8 nitrogen and oxygen atoms in total. The fourth-order valence-corrected chi connectivity index (χ4v) is 6.50. The smallest absolute Gasteiger partial charge is 0.255 e. The van der Waals surface area contributed by atoms with Crippen LogP contribution in [0.25, 0.3) is 0 Å². The van der Waals surface area contributed by atoms with E-state index in [4.69, 9.17) is 19.6 Å². The number of fused-ring (bicyclic) bond motifs is 1. The maximum absolute atomic E-state index is 14.1. The second-order valence-electron chi connectivity index (χ2n) is 11.9. The van der Waals surface area contributed by atoms with Crippen molar-refractivity contribution in [3.05, 3.63) is 98.7 Å². The van der Waals surface area contributed by atoms with Crippen molar-refractivity contribution in [1.82, 2.24) is 14.8 Å². The molecule has 4 aromatic rings. The van der Waals surface area contributed by atoms with Crippen LogP contribution < -0.4 is 20.1 Å². The summed E-state index contributed by atoms with van der Waals surface area (Å²) in [5, 5.41) is 12.1. The minimum absolute atomic E-state index is 0.200. The number of nitrogens with zero attached hydrogens (tertiary/aromatic N) is 3. The Balaban J connectivity index is 1.53. The van der Waals surface area contributed by atoms with Gasteiger partial charge in [-0.25, -0.2) is 4.68 Å². The van der Waals surface area contributed by atoms with E-state index in [1.807, 2.05) is 68.8 Å². The molecule has 46 heavy (non-hydrogen) atoms. The molecule has 242 valence electrons. The van der Waals surface area contributed by atoms with Gasteiger partial charge in [0, 0.05) is 17.1 Å². The number of hydrogen-bond acceptors (Lipinski definition) is 7. The number of aromatic nitrogens is 3. The summed E-state index contributed by atoms with van der Waals surface area (Å²) >= 11 is 1.63. The molecule has 0 saturated carbocycles. The molecule has 0 radical (unpaired) electrons. The first-order valence-corrected chi connectivity index (χ1v) is 17.0. The SMILES string of the molecule is CCCCSc1nc2n(n1)C(c1ccc(OCc3cc(C)c(C)cc3C)c(OCC)c1)C(C(=O)Nc1cccc(C)c1C)=C(C)N2. The van der Waals surface area contributed by atoms with Crippen molar-refractivity contribution in [1.29, 1.82) is 0 Å². The van der Waals surface area contributed by atoms with Crippen LogP contribution >= 0.6 is 11.8 Å². The molecule has 1 aliphatic heterocycles. The highest BCUT2D eigenvalue weighted by molar-refractivity contribution is 7.99. The van der Waals surface area contributed by atoms with Gasteiger partial charge in [0.05, 0.1) is 12.2 Å². The molecule has 5 rings (SSSR count). The van der Waals surface area contributed by atoms with Gasteiger partial charge in [0.2, 0.25) is 11.1 Å². The molecule has 1 amide bonds.